The van der Waals surface area contributed by atoms with Crippen LogP contribution in [0.15, 0.2) is 59.8 Å². The highest BCUT2D eigenvalue weighted by Crippen LogP contribution is 2.29. The van der Waals surface area contributed by atoms with Crippen molar-refractivity contribution in [3.63, 3.8) is 0 Å². The molecule has 2 aromatic heterocycles. The Balaban J connectivity index is 1.65. The summed E-state index contributed by atoms with van der Waals surface area (Å²) in [5.74, 6) is 0.331. The first-order valence-corrected chi connectivity index (χ1v) is 12.0. The largest absolute Gasteiger partial charge is 0.368 e. The highest BCUT2D eigenvalue weighted by Gasteiger charge is 2.20. The third-order valence-corrected chi connectivity index (χ3v) is 6.73. The number of aryl methyl sites for hydroxylation is 2. The van der Waals surface area contributed by atoms with Gasteiger partial charge in [-0.05, 0) is 63.2 Å². The van der Waals surface area contributed by atoms with E-state index in [2.05, 4.69) is 10.2 Å². The molecule has 0 saturated carbocycles. The summed E-state index contributed by atoms with van der Waals surface area (Å²) in [4.78, 5) is 24.5. The number of ketones is 1. The molecule has 34 heavy (non-hydrogen) atoms. The lowest BCUT2D eigenvalue weighted by Gasteiger charge is -2.11. The van der Waals surface area contributed by atoms with Crippen molar-refractivity contribution in [3.05, 3.63) is 82.1 Å². The molecule has 4 aromatic rings. The fourth-order valence-electron chi connectivity index (χ4n) is 3.77. The van der Waals surface area contributed by atoms with Gasteiger partial charge in [0.15, 0.2) is 16.8 Å². The Kier molecular flexibility index (Phi) is 6.90. The normalized spacial score (nSPS) is 11.1. The second-order valence-electron chi connectivity index (χ2n) is 8.03. The van der Waals surface area contributed by atoms with Crippen LogP contribution in [0.1, 0.15) is 27.3 Å². The highest BCUT2D eigenvalue weighted by molar-refractivity contribution is 7.99. The number of carbonyl (C=O) groups excluding carboxylic acids is 2. The average molecular weight is 494 g/mol. The Hall–Kier alpha value is -3.36. The molecule has 4 rings (SSSR count). The van der Waals surface area contributed by atoms with E-state index in [9.17, 15) is 9.59 Å². The zero-order chi connectivity index (χ0) is 24.4. The van der Waals surface area contributed by atoms with Crippen LogP contribution in [0.4, 0.5) is 0 Å². The molecule has 0 atom stereocenters. The summed E-state index contributed by atoms with van der Waals surface area (Å²) >= 11 is 7.38. The number of rotatable bonds is 8. The molecule has 0 unspecified atom stereocenters. The Labute approximate surface area is 206 Å². The van der Waals surface area contributed by atoms with Gasteiger partial charge in [-0.2, -0.15) is 0 Å². The van der Waals surface area contributed by atoms with Crippen molar-refractivity contribution >= 4 is 35.1 Å². The summed E-state index contributed by atoms with van der Waals surface area (Å²) in [6, 6.07) is 17.2. The third kappa shape index (κ3) is 4.93. The van der Waals surface area contributed by atoms with Gasteiger partial charge in [0.2, 0.25) is 5.91 Å². The van der Waals surface area contributed by atoms with Crippen molar-refractivity contribution in [2.24, 2.45) is 5.73 Å². The van der Waals surface area contributed by atoms with Gasteiger partial charge in [0.25, 0.3) is 0 Å². The number of hydrogen-bond donors (Lipinski definition) is 1. The number of aromatic nitrogens is 4. The van der Waals surface area contributed by atoms with E-state index >= 15 is 0 Å². The standard InChI is InChI=1S/C25H24ClN5O2S/c1-15-4-10-20(11-5-15)31-24(18-6-8-19(26)9-7-18)28-29-25(31)34-14-22(32)21-12-16(2)30(17(21)3)13-23(27)33/h4-12H,13-14H2,1-3H3,(H2,27,33). The first-order valence-electron chi connectivity index (χ1n) is 10.6. The van der Waals surface area contributed by atoms with E-state index in [1.54, 1.807) is 10.6 Å². The van der Waals surface area contributed by atoms with Gasteiger partial charge in [-0.1, -0.05) is 41.1 Å². The maximum atomic E-state index is 13.1. The number of nitrogens with two attached hydrogens (primary N) is 1. The summed E-state index contributed by atoms with van der Waals surface area (Å²) in [5, 5.41) is 10.0. The van der Waals surface area contributed by atoms with Crippen molar-refractivity contribution in [2.45, 2.75) is 32.5 Å². The zero-order valence-corrected chi connectivity index (χ0v) is 20.7. The van der Waals surface area contributed by atoms with Crippen LogP contribution in [0.3, 0.4) is 0 Å². The fourth-order valence-corrected chi connectivity index (χ4v) is 4.73. The second-order valence-corrected chi connectivity index (χ2v) is 9.41. The number of thioether (sulfide) groups is 1. The van der Waals surface area contributed by atoms with Crippen LogP contribution in [0.25, 0.3) is 17.1 Å². The molecule has 0 fully saturated rings. The molecule has 0 bridgehead atoms. The van der Waals surface area contributed by atoms with Crippen LogP contribution in [0.2, 0.25) is 5.02 Å². The Morgan fingerprint density at radius 1 is 1.00 bits per heavy atom. The SMILES string of the molecule is Cc1ccc(-n2c(SCC(=O)c3cc(C)n(CC(N)=O)c3C)nnc2-c2ccc(Cl)cc2)cc1. The Bertz CT molecular complexity index is 1360. The minimum atomic E-state index is -0.448. The number of Topliss-reactive ketones (excluding diaryl/α,β-unsaturated/α-hetero) is 1. The molecule has 0 aliphatic heterocycles. The Morgan fingerprint density at radius 3 is 2.32 bits per heavy atom. The van der Waals surface area contributed by atoms with Crippen molar-refractivity contribution in [3.8, 4) is 17.1 Å². The van der Waals surface area contributed by atoms with Crippen LogP contribution < -0.4 is 5.73 Å². The third-order valence-electron chi connectivity index (χ3n) is 5.55. The number of hydrogen-bond acceptors (Lipinski definition) is 5. The quantitative estimate of drug-likeness (QED) is 0.281. The van der Waals surface area contributed by atoms with Crippen LogP contribution in [-0.2, 0) is 11.3 Å². The molecular weight excluding hydrogens is 470 g/mol. The molecule has 0 spiro atoms. The van der Waals surface area contributed by atoms with Crippen molar-refractivity contribution in [2.75, 3.05) is 5.75 Å². The van der Waals surface area contributed by atoms with Crippen LogP contribution >= 0.6 is 23.4 Å². The van der Waals surface area contributed by atoms with Crippen molar-refractivity contribution < 1.29 is 9.59 Å². The number of nitrogens with zero attached hydrogens (tertiary/aromatic N) is 4. The molecule has 2 N–H and O–H groups in total. The molecule has 0 saturated heterocycles. The lowest BCUT2D eigenvalue weighted by atomic mass is 10.2. The highest BCUT2D eigenvalue weighted by atomic mass is 35.5. The molecule has 174 valence electrons. The summed E-state index contributed by atoms with van der Waals surface area (Å²) < 4.78 is 3.70. The van der Waals surface area contributed by atoms with Gasteiger partial charge in [0.1, 0.15) is 6.54 Å². The van der Waals surface area contributed by atoms with Gasteiger partial charge in [0.05, 0.1) is 5.75 Å². The maximum absolute atomic E-state index is 13.1. The monoisotopic (exact) mass is 493 g/mol. The topological polar surface area (TPSA) is 95.8 Å². The number of amides is 1. The van der Waals surface area contributed by atoms with Gasteiger partial charge < -0.3 is 10.3 Å². The lowest BCUT2D eigenvalue weighted by molar-refractivity contribution is -0.118. The van der Waals surface area contributed by atoms with E-state index in [1.807, 2.05) is 73.9 Å². The van der Waals surface area contributed by atoms with Gasteiger partial charge in [-0.15, -0.1) is 10.2 Å². The molecule has 1 amide bonds. The fraction of sp³-hybridized carbons (Fsp3) is 0.200. The van der Waals surface area contributed by atoms with E-state index in [-0.39, 0.29) is 18.1 Å². The molecule has 0 radical (unpaired) electrons. The van der Waals surface area contributed by atoms with E-state index in [1.165, 1.54) is 11.8 Å². The van der Waals surface area contributed by atoms with Crippen LogP contribution in [-0.4, -0.2) is 36.8 Å². The summed E-state index contributed by atoms with van der Waals surface area (Å²) in [5.41, 5.74) is 10.4. The molecule has 2 aromatic carbocycles. The first-order chi connectivity index (χ1) is 16.2. The summed E-state index contributed by atoms with van der Waals surface area (Å²) in [6.07, 6.45) is 0. The first kappa shape index (κ1) is 23.8. The van der Waals surface area contributed by atoms with E-state index in [0.717, 1.165) is 28.2 Å². The van der Waals surface area contributed by atoms with E-state index < -0.39 is 5.91 Å². The number of primary amides is 1. The lowest BCUT2D eigenvalue weighted by Crippen LogP contribution is -2.20. The summed E-state index contributed by atoms with van der Waals surface area (Å²) in [7, 11) is 0. The average Bonchev–Trinajstić information content (AvgIpc) is 3.35. The second kappa shape index (κ2) is 9.87. The van der Waals surface area contributed by atoms with E-state index in [4.69, 9.17) is 17.3 Å². The molecule has 0 aliphatic carbocycles. The van der Waals surface area contributed by atoms with E-state index in [0.29, 0.717) is 21.6 Å². The molecular formula is C25H24ClN5O2S. The Morgan fingerprint density at radius 2 is 1.68 bits per heavy atom. The molecule has 9 heteroatoms. The van der Waals surface area contributed by atoms with Crippen LogP contribution in [0, 0.1) is 20.8 Å². The van der Waals surface area contributed by atoms with Crippen molar-refractivity contribution in [1.29, 1.82) is 0 Å². The maximum Gasteiger partial charge on any atom is 0.237 e. The summed E-state index contributed by atoms with van der Waals surface area (Å²) in [6.45, 7) is 5.75. The minimum absolute atomic E-state index is 0.0459. The smallest absolute Gasteiger partial charge is 0.237 e. The zero-order valence-electron chi connectivity index (χ0n) is 19.1. The van der Waals surface area contributed by atoms with Crippen molar-refractivity contribution in [1.82, 2.24) is 19.3 Å². The van der Waals surface area contributed by atoms with Gasteiger partial charge in [-0.25, -0.2) is 0 Å². The predicted octanol–water partition coefficient (Wildman–Crippen LogP) is 4.77. The minimum Gasteiger partial charge on any atom is -0.368 e. The van der Waals surface area contributed by atoms with Gasteiger partial charge in [-0.3, -0.25) is 14.2 Å². The molecule has 0 aliphatic rings. The van der Waals surface area contributed by atoms with Gasteiger partial charge in [0, 0.05) is 33.2 Å². The van der Waals surface area contributed by atoms with Gasteiger partial charge >= 0.3 is 0 Å². The molecule has 2 heterocycles. The number of carbonyl (C=O) groups is 2. The predicted molar refractivity (Wildman–Crippen MR) is 135 cm³/mol. The molecule has 7 nitrogen and oxygen atoms in total. The van der Waals surface area contributed by atoms with Crippen LogP contribution in [0.5, 0.6) is 0 Å². The number of benzene rings is 2. The number of halogens is 1.